The second-order valence-corrected chi connectivity index (χ2v) is 12.8. The van der Waals surface area contributed by atoms with Crippen LogP contribution in [0, 0.1) is 5.82 Å². The van der Waals surface area contributed by atoms with Crippen molar-refractivity contribution in [2.24, 2.45) is 0 Å². The first-order valence-electron chi connectivity index (χ1n) is 15.0. The highest BCUT2D eigenvalue weighted by Crippen LogP contribution is 2.45. The molecule has 0 bridgehead atoms. The van der Waals surface area contributed by atoms with E-state index < -0.39 is 17.7 Å². The Balaban J connectivity index is 1.37. The molecule has 1 N–H and O–H groups in total. The molecule has 0 radical (unpaired) electrons. The van der Waals surface area contributed by atoms with E-state index in [4.69, 9.17) is 14.2 Å². The van der Waals surface area contributed by atoms with E-state index >= 15 is 0 Å². The lowest BCUT2D eigenvalue weighted by Crippen LogP contribution is -2.29. The largest absolute Gasteiger partial charge is 0.507 e. The lowest BCUT2D eigenvalue weighted by atomic mass is 9.95. The number of methoxy groups -OCH3 is 1. The molecule has 0 spiro atoms. The number of halogens is 1. The number of amides is 1. The van der Waals surface area contributed by atoms with Gasteiger partial charge in [-0.3, -0.25) is 14.5 Å². The minimum absolute atomic E-state index is 0.111. The second-order valence-electron chi connectivity index (χ2n) is 10.6. The van der Waals surface area contributed by atoms with Gasteiger partial charge in [0, 0.05) is 11.3 Å². The number of benzene rings is 4. The number of carbonyl (C=O) groups excluding carboxylic acids is 2. The Morgan fingerprint density at radius 2 is 1.67 bits per heavy atom. The van der Waals surface area contributed by atoms with Crippen LogP contribution in [0.3, 0.4) is 0 Å². The van der Waals surface area contributed by atoms with Crippen LogP contribution in [0.4, 0.5) is 9.52 Å². The summed E-state index contributed by atoms with van der Waals surface area (Å²) >= 11 is 2.50. The lowest BCUT2D eigenvalue weighted by molar-refractivity contribution is -0.132. The molecule has 48 heavy (non-hydrogen) atoms. The Hall–Kier alpha value is -5.20. The van der Waals surface area contributed by atoms with E-state index in [1.165, 1.54) is 35.9 Å². The van der Waals surface area contributed by atoms with Crippen LogP contribution in [0.25, 0.3) is 5.76 Å². The van der Waals surface area contributed by atoms with Gasteiger partial charge in [0.15, 0.2) is 15.8 Å². The molecular weight excluding hydrogens is 654 g/mol. The maximum Gasteiger partial charge on any atom is 0.301 e. The zero-order valence-corrected chi connectivity index (χ0v) is 27.6. The van der Waals surface area contributed by atoms with Gasteiger partial charge in [-0.15, -0.1) is 10.2 Å². The Kier molecular flexibility index (Phi) is 10.0. The van der Waals surface area contributed by atoms with Gasteiger partial charge in [-0.2, -0.15) is 0 Å². The highest BCUT2D eigenvalue weighted by molar-refractivity contribution is 8.00. The van der Waals surface area contributed by atoms with Crippen molar-refractivity contribution in [1.29, 1.82) is 0 Å². The molecule has 2 heterocycles. The number of aliphatic hydroxyl groups is 1. The van der Waals surface area contributed by atoms with Crippen LogP contribution in [-0.4, -0.2) is 40.7 Å². The van der Waals surface area contributed by atoms with Crippen molar-refractivity contribution in [1.82, 2.24) is 10.2 Å². The van der Waals surface area contributed by atoms with Crippen molar-refractivity contribution >= 4 is 45.7 Å². The third-order valence-electron chi connectivity index (χ3n) is 7.50. The van der Waals surface area contributed by atoms with Gasteiger partial charge in [-0.25, -0.2) is 4.39 Å². The molecule has 12 heteroatoms. The third-order valence-corrected chi connectivity index (χ3v) is 9.63. The SMILES string of the molecule is CCOc1ccc(/C(O)=C2/C(=O)C(=O)N(c3nnc(SCc4ccc(F)cc4)s3)C2c2ccc(OCc3ccccc3)c(OC)c2)cc1. The summed E-state index contributed by atoms with van der Waals surface area (Å²) in [6.07, 6.45) is 0. The molecule has 1 atom stereocenters. The summed E-state index contributed by atoms with van der Waals surface area (Å²) in [6.45, 7) is 2.63. The van der Waals surface area contributed by atoms with E-state index in [1.807, 2.05) is 37.3 Å². The quantitative estimate of drug-likeness (QED) is 0.0468. The first kappa shape index (κ1) is 32.7. The molecule has 1 aliphatic rings. The molecule has 0 saturated carbocycles. The number of carbonyl (C=O) groups is 2. The molecule has 6 rings (SSSR count). The molecule has 0 aliphatic carbocycles. The molecule has 244 valence electrons. The highest BCUT2D eigenvalue weighted by Gasteiger charge is 2.48. The van der Waals surface area contributed by atoms with Crippen molar-refractivity contribution in [3.05, 3.63) is 131 Å². The average Bonchev–Trinajstić information content (AvgIpc) is 3.69. The van der Waals surface area contributed by atoms with Crippen molar-refractivity contribution < 1.29 is 33.3 Å². The fraction of sp³-hybridized carbons (Fsp3) is 0.167. The van der Waals surface area contributed by atoms with E-state index in [0.29, 0.717) is 51.7 Å². The highest BCUT2D eigenvalue weighted by atomic mass is 32.2. The number of rotatable bonds is 12. The van der Waals surface area contributed by atoms with E-state index in [2.05, 4.69) is 10.2 Å². The van der Waals surface area contributed by atoms with Crippen molar-refractivity contribution in [2.45, 2.75) is 29.7 Å². The van der Waals surface area contributed by atoms with Gasteiger partial charge >= 0.3 is 5.91 Å². The monoisotopic (exact) mass is 683 g/mol. The zero-order chi connectivity index (χ0) is 33.6. The number of anilines is 1. The molecule has 1 amide bonds. The topological polar surface area (TPSA) is 111 Å². The molecule has 5 aromatic rings. The van der Waals surface area contributed by atoms with Gasteiger partial charge < -0.3 is 19.3 Å². The van der Waals surface area contributed by atoms with Gasteiger partial charge in [0.2, 0.25) is 5.13 Å². The average molecular weight is 684 g/mol. The van der Waals surface area contributed by atoms with Crippen LogP contribution < -0.4 is 19.1 Å². The maximum absolute atomic E-state index is 13.7. The Labute approximate surface area is 284 Å². The van der Waals surface area contributed by atoms with E-state index in [9.17, 15) is 19.1 Å². The summed E-state index contributed by atoms with van der Waals surface area (Å²) in [5.74, 6) is -0.463. The summed E-state index contributed by atoms with van der Waals surface area (Å²) in [5, 5.41) is 20.3. The molecule has 1 fully saturated rings. The summed E-state index contributed by atoms with van der Waals surface area (Å²) in [5.41, 5.74) is 2.57. The van der Waals surface area contributed by atoms with Crippen LogP contribution in [-0.2, 0) is 21.9 Å². The van der Waals surface area contributed by atoms with Crippen LogP contribution in [0.1, 0.15) is 35.2 Å². The Bertz CT molecular complexity index is 1950. The van der Waals surface area contributed by atoms with E-state index in [1.54, 1.807) is 54.6 Å². The van der Waals surface area contributed by atoms with Crippen molar-refractivity contribution in [3.8, 4) is 17.2 Å². The number of Topliss-reactive ketones (excluding diaryl/α,β-unsaturated/α-hetero) is 1. The van der Waals surface area contributed by atoms with Crippen LogP contribution >= 0.6 is 23.1 Å². The lowest BCUT2D eigenvalue weighted by Gasteiger charge is -2.23. The van der Waals surface area contributed by atoms with Crippen LogP contribution in [0.15, 0.2) is 107 Å². The van der Waals surface area contributed by atoms with Gasteiger partial charge in [-0.1, -0.05) is 71.6 Å². The first-order chi connectivity index (χ1) is 23.4. The van der Waals surface area contributed by atoms with Crippen molar-refractivity contribution in [3.63, 3.8) is 0 Å². The van der Waals surface area contributed by atoms with Gasteiger partial charge in [0.05, 0.1) is 25.3 Å². The number of hydrogen-bond acceptors (Lipinski definition) is 10. The molecule has 4 aromatic carbocycles. The normalized spacial score (nSPS) is 15.5. The summed E-state index contributed by atoms with van der Waals surface area (Å²) in [7, 11) is 1.50. The molecule has 9 nitrogen and oxygen atoms in total. The first-order valence-corrected chi connectivity index (χ1v) is 16.8. The summed E-state index contributed by atoms with van der Waals surface area (Å²) in [6, 6.07) is 26.5. The third kappa shape index (κ3) is 7.04. The number of ketones is 1. The summed E-state index contributed by atoms with van der Waals surface area (Å²) in [4.78, 5) is 28.7. The standard InChI is InChI=1S/C36H30FN3O6S2/c1-3-45-27-16-11-24(12-17-27)32(41)30-31(25-13-18-28(29(19-25)44-2)46-20-22-7-5-4-6-8-22)40(34(43)33(30)42)35-38-39-36(48-35)47-21-23-9-14-26(37)15-10-23/h4-19,31,41H,3,20-21H2,1-2H3/b32-30-. The molecular formula is C36H30FN3O6S2. The number of hydrogen-bond donors (Lipinski definition) is 1. The number of nitrogens with zero attached hydrogens (tertiary/aromatic N) is 3. The van der Waals surface area contributed by atoms with E-state index in [0.717, 1.165) is 22.5 Å². The van der Waals surface area contributed by atoms with Gasteiger partial charge in [0.25, 0.3) is 5.78 Å². The number of ether oxygens (including phenoxy) is 3. The Morgan fingerprint density at radius 1 is 0.917 bits per heavy atom. The second kappa shape index (κ2) is 14.7. The molecule has 1 saturated heterocycles. The maximum atomic E-state index is 13.7. The van der Waals surface area contributed by atoms with Crippen molar-refractivity contribution in [2.75, 3.05) is 18.6 Å². The number of aromatic nitrogens is 2. The molecule has 1 unspecified atom stereocenters. The van der Waals surface area contributed by atoms with Gasteiger partial charge in [0.1, 0.15) is 23.9 Å². The predicted molar refractivity (Wildman–Crippen MR) is 182 cm³/mol. The molecule has 1 aromatic heterocycles. The fourth-order valence-electron chi connectivity index (χ4n) is 5.17. The minimum Gasteiger partial charge on any atom is -0.507 e. The fourth-order valence-corrected chi connectivity index (χ4v) is 6.99. The zero-order valence-electron chi connectivity index (χ0n) is 26.0. The molecule has 1 aliphatic heterocycles. The van der Waals surface area contributed by atoms with Crippen LogP contribution in [0.2, 0.25) is 0 Å². The Morgan fingerprint density at radius 3 is 2.38 bits per heavy atom. The number of thioether (sulfide) groups is 1. The van der Waals surface area contributed by atoms with Crippen LogP contribution in [0.5, 0.6) is 17.2 Å². The van der Waals surface area contributed by atoms with Gasteiger partial charge in [-0.05, 0) is 72.1 Å². The predicted octanol–water partition coefficient (Wildman–Crippen LogP) is 7.58. The minimum atomic E-state index is -1.06. The number of aliphatic hydroxyl groups excluding tert-OH is 1. The smallest absolute Gasteiger partial charge is 0.301 e. The van der Waals surface area contributed by atoms with E-state index in [-0.39, 0.29) is 22.3 Å². The summed E-state index contributed by atoms with van der Waals surface area (Å²) < 4.78 is 31.1.